The standard InChI is InChI=1S/C50H84/c1-3-15-35-19-7-20-36(16-4-1)40-24-9-23-39(35)43-27-11-28-44(40)48-32-13-31-47(43)49-33-14-34-50(48)46-30-12-29-45(49)41-25-10-26-42(46)38-18-6-2-5-17-37(41)21-8-22-38/h35-50H,1-34H2. The van der Waals surface area contributed by atoms with Crippen molar-refractivity contribution in [2.75, 3.05) is 0 Å². The molecule has 16 atom stereocenters. The lowest BCUT2D eigenvalue weighted by Gasteiger charge is -2.54. The van der Waals surface area contributed by atoms with Crippen LogP contribution in [0.5, 0.6) is 0 Å². The number of hydrogen-bond acceptors (Lipinski definition) is 0. The molecule has 284 valence electrons. The SMILES string of the molecule is C1CCC2CCCC(CC1)C1CCCC2C2CCCC1C1CCCC2C2CCCC1C1CCCC2C2CCCC1C1CCCCCC2CCC1. The number of rotatable bonds is 0. The van der Waals surface area contributed by atoms with Crippen molar-refractivity contribution in [2.24, 2.45) is 94.7 Å². The van der Waals surface area contributed by atoms with Crippen LogP contribution in [0, 0.1) is 94.7 Å². The highest BCUT2D eigenvalue weighted by atomic mass is 14.6. The van der Waals surface area contributed by atoms with Gasteiger partial charge in [-0.15, -0.1) is 0 Å². The summed E-state index contributed by atoms with van der Waals surface area (Å²) in [5.74, 6) is 17.2. The van der Waals surface area contributed by atoms with Crippen molar-refractivity contribution in [1.29, 1.82) is 0 Å². The smallest absolute Gasteiger partial charge is 0.0352 e. The lowest BCUT2D eigenvalue weighted by Crippen LogP contribution is -2.46. The second-order valence-corrected chi connectivity index (χ2v) is 21.7. The molecule has 0 nitrogen and oxygen atoms in total. The molecule has 9 rings (SSSR count). The summed E-state index contributed by atoms with van der Waals surface area (Å²) in [4.78, 5) is 0. The van der Waals surface area contributed by atoms with Gasteiger partial charge >= 0.3 is 0 Å². The molecule has 0 aliphatic heterocycles. The van der Waals surface area contributed by atoms with E-state index in [1.807, 2.05) is 0 Å². The van der Waals surface area contributed by atoms with Crippen molar-refractivity contribution in [3.8, 4) is 0 Å². The molecule has 9 saturated carbocycles. The summed E-state index contributed by atoms with van der Waals surface area (Å²) in [6, 6.07) is 0. The molecule has 0 heterocycles. The summed E-state index contributed by atoms with van der Waals surface area (Å²) < 4.78 is 0. The van der Waals surface area contributed by atoms with Gasteiger partial charge in [0.15, 0.2) is 0 Å². The third-order valence-corrected chi connectivity index (χ3v) is 20.0. The van der Waals surface area contributed by atoms with Gasteiger partial charge in [0.25, 0.3) is 0 Å². The topological polar surface area (TPSA) is 0 Å². The van der Waals surface area contributed by atoms with Crippen molar-refractivity contribution in [3.05, 3.63) is 0 Å². The first-order valence-electron chi connectivity index (χ1n) is 24.8. The predicted molar refractivity (Wildman–Crippen MR) is 213 cm³/mol. The molecule has 16 unspecified atom stereocenters. The van der Waals surface area contributed by atoms with Crippen LogP contribution in [-0.4, -0.2) is 0 Å². The summed E-state index contributed by atoms with van der Waals surface area (Å²) in [6.07, 6.45) is 55.1. The first-order valence-corrected chi connectivity index (χ1v) is 24.8. The Balaban J connectivity index is 1.24. The van der Waals surface area contributed by atoms with Crippen LogP contribution in [0.4, 0.5) is 0 Å². The molecule has 9 fully saturated rings. The van der Waals surface area contributed by atoms with Gasteiger partial charge in [-0.2, -0.15) is 0 Å². The van der Waals surface area contributed by atoms with E-state index in [1.54, 1.807) is 218 Å². The first kappa shape index (κ1) is 35.7. The molecular weight excluding hydrogens is 601 g/mol. The van der Waals surface area contributed by atoms with Crippen LogP contribution in [0.15, 0.2) is 0 Å². The molecule has 0 radical (unpaired) electrons. The van der Waals surface area contributed by atoms with Crippen molar-refractivity contribution < 1.29 is 0 Å². The van der Waals surface area contributed by atoms with Gasteiger partial charge in [0.2, 0.25) is 0 Å². The molecule has 50 heavy (non-hydrogen) atoms. The molecule has 0 spiro atoms. The van der Waals surface area contributed by atoms with Gasteiger partial charge in [0.1, 0.15) is 0 Å². The zero-order valence-corrected chi connectivity index (χ0v) is 33.3. The third-order valence-electron chi connectivity index (χ3n) is 20.0. The van der Waals surface area contributed by atoms with Crippen molar-refractivity contribution in [3.63, 3.8) is 0 Å². The highest BCUT2D eigenvalue weighted by Gasteiger charge is 2.50. The van der Waals surface area contributed by atoms with Crippen LogP contribution in [0.2, 0.25) is 0 Å². The fourth-order valence-corrected chi connectivity index (χ4v) is 18.3. The summed E-state index contributed by atoms with van der Waals surface area (Å²) >= 11 is 0. The molecule has 0 aromatic heterocycles. The molecule has 0 N–H and O–H groups in total. The molecular formula is C50H84. The summed E-state index contributed by atoms with van der Waals surface area (Å²) in [5, 5.41) is 0. The van der Waals surface area contributed by atoms with Crippen LogP contribution < -0.4 is 0 Å². The van der Waals surface area contributed by atoms with Crippen LogP contribution in [-0.2, 0) is 0 Å². The van der Waals surface area contributed by atoms with E-state index in [0.29, 0.717) is 0 Å². The highest BCUT2D eigenvalue weighted by Crippen LogP contribution is 2.59. The van der Waals surface area contributed by atoms with Crippen LogP contribution >= 0.6 is 0 Å². The van der Waals surface area contributed by atoms with Crippen LogP contribution in [0.25, 0.3) is 0 Å². The first-order chi connectivity index (χ1) is 24.8. The lowest BCUT2D eigenvalue weighted by atomic mass is 9.51. The van der Waals surface area contributed by atoms with E-state index in [1.165, 1.54) is 0 Å². The predicted octanol–water partition coefficient (Wildman–Crippen LogP) is 15.2. The second-order valence-electron chi connectivity index (χ2n) is 21.7. The Hall–Kier alpha value is 0. The van der Waals surface area contributed by atoms with E-state index in [-0.39, 0.29) is 0 Å². The Morgan fingerprint density at radius 1 is 0.120 bits per heavy atom. The van der Waals surface area contributed by atoms with Crippen LogP contribution in [0.1, 0.15) is 218 Å². The van der Waals surface area contributed by atoms with E-state index < -0.39 is 0 Å². The minimum Gasteiger partial charge on any atom is -0.0533 e. The minimum atomic E-state index is 1.07. The van der Waals surface area contributed by atoms with E-state index in [2.05, 4.69) is 0 Å². The molecule has 9 aliphatic rings. The Morgan fingerprint density at radius 3 is 0.520 bits per heavy atom. The van der Waals surface area contributed by atoms with E-state index in [0.717, 1.165) is 94.7 Å². The lowest BCUT2D eigenvalue weighted by molar-refractivity contribution is -0.0479. The Labute approximate surface area is 312 Å². The molecule has 0 aromatic rings. The van der Waals surface area contributed by atoms with Gasteiger partial charge in [-0.1, -0.05) is 141 Å². The van der Waals surface area contributed by atoms with Gasteiger partial charge in [-0.25, -0.2) is 0 Å². The maximum Gasteiger partial charge on any atom is -0.0352 e. The zero-order chi connectivity index (χ0) is 33.3. The van der Waals surface area contributed by atoms with E-state index in [9.17, 15) is 0 Å². The molecule has 16 bridgehead atoms. The molecule has 0 amide bonds. The molecule has 0 aromatic carbocycles. The zero-order valence-electron chi connectivity index (χ0n) is 33.3. The van der Waals surface area contributed by atoms with Gasteiger partial charge in [0, 0.05) is 0 Å². The van der Waals surface area contributed by atoms with Gasteiger partial charge in [0.05, 0.1) is 0 Å². The summed E-state index contributed by atoms with van der Waals surface area (Å²) in [5.41, 5.74) is 0. The molecule has 0 heteroatoms. The maximum atomic E-state index is 1.66. The fraction of sp³-hybridized carbons (Fsp3) is 1.00. The minimum absolute atomic E-state index is 1.07. The van der Waals surface area contributed by atoms with E-state index in [4.69, 9.17) is 0 Å². The van der Waals surface area contributed by atoms with Crippen molar-refractivity contribution >= 4 is 0 Å². The number of fused-ring (bicyclic) bond motifs is 46. The van der Waals surface area contributed by atoms with Crippen molar-refractivity contribution in [2.45, 2.75) is 218 Å². The summed E-state index contributed by atoms with van der Waals surface area (Å²) in [6.45, 7) is 0. The van der Waals surface area contributed by atoms with Gasteiger partial charge < -0.3 is 0 Å². The normalized spacial score (nSPS) is 50.9. The molecule has 9 aliphatic carbocycles. The average Bonchev–Trinajstić information content (AvgIpc) is 3.13. The quantitative estimate of drug-likeness (QED) is 0.238. The molecule has 0 saturated heterocycles. The van der Waals surface area contributed by atoms with E-state index >= 15 is 0 Å². The fourth-order valence-electron chi connectivity index (χ4n) is 18.3. The van der Waals surface area contributed by atoms with Gasteiger partial charge in [-0.3, -0.25) is 0 Å². The summed E-state index contributed by atoms with van der Waals surface area (Å²) in [7, 11) is 0. The number of hydrogen-bond donors (Lipinski definition) is 0. The third kappa shape index (κ3) is 7.36. The van der Waals surface area contributed by atoms with Gasteiger partial charge in [-0.05, 0) is 172 Å². The highest BCUT2D eigenvalue weighted by molar-refractivity contribution is 5.00. The largest absolute Gasteiger partial charge is 0.0533 e. The second kappa shape index (κ2) is 16.8. The Kier molecular flexibility index (Phi) is 12.0. The Bertz CT molecular complexity index is 889. The monoisotopic (exact) mass is 685 g/mol. The Morgan fingerprint density at radius 2 is 0.280 bits per heavy atom. The van der Waals surface area contributed by atoms with Crippen LogP contribution in [0.3, 0.4) is 0 Å². The average molecular weight is 685 g/mol. The maximum absolute atomic E-state index is 1.66. The van der Waals surface area contributed by atoms with Crippen molar-refractivity contribution in [1.82, 2.24) is 0 Å².